The fourth-order valence-corrected chi connectivity index (χ4v) is 2.40. The highest BCUT2D eigenvalue weighted by Crippen LogP contribution is 2.48. The monoisotopic (exact) mass is 342 g/mol. The van der Waals surface area contributed by atoms with E-state index >= 15 is 0 Å². The maximum atomic E-state index is 10.6. The number of ether oxygens (including phenoxy) is 3. The van der Waals surface area contributed by atoms with Crippen LogP contribution in [0.3, 0.4) is 0 Å². The van der Waals surface area contributed by atoms with E-state index < -0.39 is 0 Å². The van der Waals surface area contributed by atoms with E-state index in [4.69, 9.17) is 14.2 Å². The SMILES string of the molecule is COc1cc(N=C=O)cc(-c2cc(N=C=O)cc(O)c2OC)c1OC. The molecule has 0 aromatic heterocycles. The Morgan fingerprint density at radius 3 is 1.80 bits per heavy atom. The van der Waals surface area contributed by atoms with Crippen LogP contribution in [0.25, 0.3) is 11.1 Å². The molecule has 0 aliphatic heterocycles. The molecule has 0 bridgehead atoms. The summed E-state index contributed by atoms with van der Waals surface area (Å²) >= 11 is 0. The minimum atomic E-state index is -0.237. The van der Waals surface area contributed by atoms with Crippen LogP contribution in [0.15, 0.2) is 34.3 Å². The fraction of sp³-hybridized carbons (Fsp3) is 0.176. The molecular formula is C17H14N2O6. The number of hydrogen-bond donors (Lipinski definition) is 1. The number of benzene rings is 2. The van der Waals surface area contributed by atoms with Gasteiger partial charge in [-0.15, -0.1) is 0 Å². The molecule has 0 fully saturated rings. The number of phenolic OH excluding ortho intramolecular Hbond substituents is 1. The molecular weight excluding hydrogens is 328 g/mol. The first kappa shape index (κ1) is 17.7. The first-order valence-corrected chi connectivity index (χ1v) is 6.92. The van der Waals surface area contributed by atoms with Crippen molar-refractivity contribution in [2.45, 2.75) is 0 Å². The lowest BCUT2D eigenvalue weighted by Gasteiger charge is -2.17. The Balaban J connectivity index is 2.90. The summed E-state index contributed by atoms with van der Waals surface area (Å²) in [7, 11) is 4.24. The van der Waals surface area contributed by atoms with Crippen LogP contribution < -0.4 is 14.2 Å². The third-order valence-corrected chi connectivity index (χ3v) is 3.36. The van der Waals surface area contributed by atoms with Crippen LogP contribution in [0.2, 0.25) is 0 Å². The minimum Gasteiger partial charge on any atom is -0.504 e. The Kier molecular flexibility index (Phi) is 5.53. The Hall–Kier alpha value is -3.60. The molecule has 8 nitrogen and oxygen atoms in total. The average Bonchev–Trinajstić information content (AvgIpc) is 2.61. The van der Waals surface area contributed by atoms with Gasteiger partial charge in [-0.2, -0.15) is 9.98 Å². The van der Waals surface area contributed by atoms with E-state index in [0.29, 0.717) is 22.6 Å². The molecule has 8 heteroatoms. The van der Waals surface area contributed by atoms with Crippen molar-refractivity contribution in [3.8, 4) is 34.1 Å². The van der Waals surface area contributed by atoms with Gasteiger partial charge in [-0.05, 0) is 12.1 Å². The predicted octanol–water partition coefficient (Wildman–Crippen LogP) is 3.02. The van der Waals surface area contributed by atoms with E-state index in [1.807, 2.05) is 0 Å². The molecule has 0 aliphatic rings. The second-order valence-corrected chi connectivity index (χ2v) is 4.68. The van der Waals surface area contributed by atoms with Crippen molar-refractivity contribution in [3.05, 3.63) is 24.3 Å². The van der Waals surface area contributed by atoms with Crippen molar-refractivity contribution in [1.82, 2.24) is 0 Å². The number of phenols is 1. The molecule has 0 saturated carbocycles. The van der Waals surface area contributed by atoms with Crippen LogP contribution in [0, 0.1) is 0 Å². The number of hydrogen-bond acceptors (Lipinski definition) is 8. The van der Waals surface area contributed by atoms with Crippen molar-refractivity contribution >= 4 is 23.5 Å². The van der Waals surface area contributed by atoms with E-state index in [9.17, 15) is 14.7 Å². The highest BCUT2D eigenvalue weighted by Gasteiger charge is 2.20. The molecule has 128 valence electrons. The van der Waals surface area contributed by atoms with E-state index in [1.54, 1.807) is 0 Å². The van der Waals surface area contributed by atoms with Gasteiger partial charge in [-0.1, -0.05) is 0 Å². The highest BCUT2D eigenvalue weighted by atomic mass is 16.5. The summed E-state index contributed by atoms with van der Waals surface area (Å²) in [5.41, 5.74) is 1.18. The summed E-state index contributed by atoms with van der Waals surface area (Å²) in [5, 5.41) is 10.2. The molecule has 2 aromatic rings. The maximum absolute atomic E-state index is 10.6. The van der Waals surface area contributed by atoms with E-state index in [1.165, 1.54) is 57.8 Å². The molecule has 0 aliphatic carbocycles. The number of aliphatic imine (C=N–C) groups is 2. The van der Waals surface area contributed by atoms with Gasteiger partial charge < -0.3 is 19.3 Å². The summed E-state index contributed by atoms with van der Waals surface area (Å²) in [6, 6.07) is 5.77. The molecule has 0 atom stereocenters. The second-order valence-electron chi connectivity index (χ2n) is 4.68. The van der Waals surface area contributed by atoms with Gasteiger partial charge in [0.2, 0.25) is 12.2 Å². The zero-order valence-corrected chi connectivity index (χ0v) is 13.7. The Morgan fingerprint density at radius 2 is 1.32 bits per heavy atom. The molecule has 1 N–H and O–H groups in total. The lowest BCUT2D eigenvalue weighted by Crippen LogP contribution is -1.95. The number of aromatic hydroxyl groups is 1. The van der Waals surface area contributed by atoms with Crippen LogP contribution in [0.1, 0.15) is 0 Å². The molecule has 2 rings (SSSR count). The van der Waals surface area contributed by atoms with Crippen molar-refractivity contribution < 1.29 is 28.9 Å². The molecule has 0 spiro atoms. The van der Waals surface area contributed by atoms with Crippen LogP contribution >= 0.6 is 0 Å². The van der Waals surface area contributed by atoms with Gasteiger partial charge in [-0.25, -0.2) is 9.59 Å². The summed E-state index contributed by atoms with van der Waals surface area (Å²) in [4.78, 5) is 28.2. The van der Waals surface area contributed by atoms with Crippen LogP contribution in [-0.2, 0) is 9.59 Å². The normalized spacial score (nSPS) is 9.56. The molecule has 0 saturated heterocycles. The van der Waals surface area contributed by atoms with Crippen LogP contribution in [0.5, 0.6) is 23.0 Å². The largest absolute Gasteiger partial charge is 0.504 e. The number of rotatable bonds is 6. The summed E-state index contributed by atoms with van der Waals surface area (Å²) in [5.74, 6) is 0.508. The first-order chi connectivity index (χ1) is 12.1. The smallest absolute Gasteiger partial charge is 0.240 e. The van der Waals surface area contributed by atoms with Crippen molar-refractivity contribution in [1.29, 1.82) is 0 Å². The number of nitrogens with zero attached hydrogens (tertiary/aromatic N) is 2. The minimum absolute atomic E-state index is 0.123. The number of isocyanates is 2. The Morgan fingerprint density at radius 1 is 0.800 bits per heavy atom. The van der Waals surface area contributed by atoms with Gasteiger partial charge in [0, 0.05) is 23.3 Å². The van der Waals surface area contributed by atoms with Gasteiger partial charge in [0.05, 0.1) is 32.7 Å². The topological polar surface area (TPSA) is 107 Å². The predicted molar refractivity (Wildman–Crippen MR) is 88.8 cm³/mol. The molecule has 0 unspecified atom stereocenters. The van der Waals surface area contributed by atoms with Gasteiger partial charge in [0.15, 0.2) is 23.0 Å². The lowest BCUT2D eigenvalue weighted by atomic mass is 10.0. The number of carbonyl (C=O) groups excluding carboxylic acids is 2. The van der Waals surface area contributed by atoms with Crippen molar-refractivity contribution in [2.24, 2.45) is 9.98 Å². The molecule has 25 heavy (non-hydrogen) atoms. The standard InChI is InChI=1S/C17H14N2O6/c1-23-15-7-11(19-9-21)5-13(17(15)25-3)12-4-10(18-8-20)6-14(22)16(12)24-2/h4-7,22H,1-3H3. The summed E-state index contributed by atoms with van der Waals surface area (Å²) in [6.45, 7) is 0. The Labute approximate surface area is 143 Å². The number of methoxy groups -OCH3 is 3. The average molecular weight is 342 g/mol. The first-order valence-electron chi connectivity index (χ1n) is 6.92. The van der Waals surface area contributed by atoms with Gasteiger partial charge in [0.1, 0.15) is 0 Å². The van der Waals surface area contributed by atoms with Gasteiger partial charge >= 0.3 is 0 Å². The highest BCUT2D eigenvalue weighted by molar-refractivity contribution is 5.85. The summed E-state index contributed by atoms with van der Waals surface area (Å²) in [6.07, 6.45) is 2.86. The molecule has 0 amide bonds. The fourth-order valence-electron chi connectivity index (χ4n) is 2.40. The zero-order chi connectivity index (χ0) is 18.4. The van der Waals surface area contributed by atoms with Crippen LogP contribution in [-0.4, -0.2) is 38.6 Å². The van der Waals surface area contributed by atoms with E-state index in [-0.39, 0.29) is 22.9 Å². The van der Waals surface area contributed by atoms with E-state index in [2.05, 4.69) is 9.98 Å². The lowest BCUT2D eigenvalue weighted by molar-refractivity contribution is 0.355. The molecule has 2 aromatic carbocycles. The molecule has 0 heterocycles. The quantitative estimate of drug-likeness (QED) is 0.639. The zero-order valence-electron chi connectivity index (χ0n) is 13.7. The van der Waals surface area contributed by atoms with Crippen LogP contribution in [0.4, 0.5) is 11.4 Å². The third kappa shape index (κ3) is 3.50. The van der Waals surface area contributed by atoms with Crippen molar-refractivity contribution in [2.75, 3.05) is 21.3 Å². The molecule has 0 radical (unpaired) electrons. The van der Waals surface area contributed by atoms with Gasteiger partial charge in [0.25, 0.3) is 0 Å². The third-order valence-electron chi connectivity index (χ3n) is 3.36. The Bertz CT molecular complexity index is 896. The second kappa shape index (κ2) is 7.79. The maximum Gasteiger partial charge on any atom is 0.240 e. The summed E-state index contributed by atoms with van der Waals surface area (Å²) < 4.78 is 15.9. The van der Waals surface area contributed by atoms with Crippen molar-refractivity contribution in [3.63, 3.8) is 0 Å². The van der Waals surface area contributed by atoms with Gasteiger partial charge in [-0.3, -0.25) is 0 Å². The van der Waals surface area contributed by atoms with E-state index in [0.717, 1.165) is 0 Å².